The molecule has 124 valence electrons. The Morgan fingerprint density at radius 3 is 2.65 bits per heavy atom. The van der Waals surface area contributed by atoms with E-state index in [1.165, 1.54) is 0 Å². The molecule has 1 N–H and O–H groups in total. The first-order valence-corrected chi connectivity index (χ1v) is 8.06. The van der Waals surface area contributed by atoms with Gasteiger partial charge in [0, 0.05) is 12.6 Å². The topological polar surface area (TPSA) is 55.1 Å². The Bertz CT molecular complexity index is 607. The molecule has 0 saturated heterocycles. The molecule has 0 fully saturated rings. The lowest BCUT2D eigenvalue weighted by Gasteiger charge is -2.29. The zero-order chi connectivity index (χ0) is 16.1. The molecule has 23 heavy (non-hydrogen) atoms. The van der Waals surface area contributed by atoms with Crippen molar-refractivity contribution in [3.8, 4) is 11.5 Å². The van der Waals surface area contributed by atoms with Crippen LogP contribution in [0, 0.1) is 0 Å². The Morgan fingerprint density at radius 2 is 1.96 bits per heavy atom. The van der Waals surface area contributed by atoms with Crippen LogP contribution in [0.15, 0.2) is 41.0 Å². The number of aliphatic hydroxyl groups is 1. The van der Waals surface area contributed by atoms with E-state index in [1.807, 2.05) is 30.3 Å². The van der Waals surface area contributed by atoms with Crippen LogP contribution in [0.5, 0.6) is 11.5 Å². The molecule has 0 bridgehead atoms. The summed E-state index contributed by atoms with van der Waals surface area (Å²) in [6, 6.07) is 9.96. The Hall–Kier alpha value is -1.98. The summed E-state index contributed by atoms with van der Waals surface area (Å²) in [4.78, 5) is 2.23. The van der Waals surface area contributed by atoms with E-state index >= 15 is 0 Å². The Morgan fingerprint density at radius 1 is 1.13 bits per heavy atom. The van der Waals surface area contributed by atoms with Crippen LogP contribution in [0.3, 0.4) is 0 Å². The maximum absolute atomic E-state index is 9.68. The molecule has 2 aromatic rings. The van der Waals surface area contributed by atoms with Gasteiger partial charge in [0.1, 0.15) is 19.0 Å². The van der Waals surface area contributed by atoms with Gasteiger partial charge in [-0.15, -0.1) is 0 Å². The van der Waals surface area contributed by atoms with Crippen molar-refractivity contribution in [1.29, 1.82) is 0 Å². The van der Waals surface area contributed by atoms with Gasteiger partial charge in [0.25, 0.3) is 0 Å². The number of ether oxygens (including phenoxy) is 2. The molecule has 3 rings (SSSR count). The SMILES string of the molecule is CC[C@@H](CO)N(Cc1ccc2c(c1)OCCO2)Cc1ccco1. The van der Waals surface area contributed by atoms with Gasteiger partial charge in [-0.3, -0.25) is 4.90 Å². The van der Waals surface area contributed by atoms with Crippen LogP contribution in [0.2, 0.25) is 0 Å². The lowest BCUT2D eigenvalue weighted by atomic mass is 10.1. The van der Waals surface area contributed by atoms with Gasteiger partial charge in [0.15, 0.2) is 11.5 Å². The highest BCUT2D eigenvalue weighted by molar-refractivity contribution is 5.43. The van der Waals surface area contributed by atoms with Crippen LogP contribution in [0.25, 0.3) is 0 Å². The van der Waals surface area contributed by atoms with E-state index in [2.05, 4.69) is 11.8 Å². The molecular weight excluding hydrogens is 294 g/mol. The van der Waals surface area contributed by atoms with Crippen molar-refractivity contribution in [2.75, 3.05) is 19.8 Å². The Labute approximate surface area is 136 Å². The maximum atomic E-state index is 9.68. The molecule has 1 atom stereocenters. The number of hydrogen-bond acceptors (Lipinski definition) is 5. The third-order valence-corrected chi connectivity index (χ3v) is 4.13. The second kappa shape index (κ2) is 7.53. The summed E-state index contributed by atoms with van der Waals surface area (Å²) in [5.74, 6) is 2.49. The zero-order valence-electron chi connectivity index (χ0n) is 13.4. The average Bonchev–Trinajstić information content (AvgIpc) is 3.09. The lowest BCUT2D eigenvalue weighted by Crippen LogP contribution is -2.36. The summed E-state index contributed by atoms with van der Waals surface area (Å²) >= 11 is 0. The highest BCUT2D eigenvalue weighted by atomic mass is 16.6. The number of benzene rings is 1. The predicted octanol–water partition coefficient (Wildman–Crippen LogP) is 2.82. The summed E-state index contributed by atoms with van der Waals surface area (Å²) in [6.45, 7) is 4.78. The molecule has 2 heterocycles. The van der Waals surface area contributed by atoms with E-state index in [4.69, 9.17) is 13.9 Å². The summed E-state index contributed by atoms with van der Waals surface area (Å²) in [7, 11) is 0. The third kappa shape index (κ3) is 3.86. The maximum Gasteiger partial charge on any atom is 0.161 e. The molecule has 1 aromatic heterocycles. The fourth-order valence-corrected chi connectivity index (χ4v) is 2.84. The van der Waals surface area contributed by atoms with Gasteiger partial charge >= 0.3 is 0 Å². The Kier molecular flexibility index (Phi) is 5.20. The number of fused-ring (bicyclic) bond motifs is 1. The molecule has 0 radical (unpaired) electrons. The van der Waals surface area contributed by atoms with Crippen molar-refractivity contribution in [3.63, 3.8) is 0 Å². The van der Waals surface area contributed by atoms with E-state index in [0.717, 1.165) is 35.8 Å². The average molecular weight is 317 g/mol. The van der Waals surface area contributed by atoms with E-state index < -0.39 is 0 Å². The minimum Gasteiger partial charge on any atom is -0.486 e. The first-order valence-electron chi connectivity index (χ1n) is 8.06. The molecule has 0 spiro atoms. The number of hydrogen-bond donors (Lipinski definition) is 1. The standard InChI is InChI=1S/C18H23NO4/c1-2-15(13-20)19(12-16-4-3-7-21-16)11-14-5-6-17-18(10-14)23-9-8-22-17/h3-7,10,15,20H,2,8-9,11-13H2,1H3/t15-/m0/s1. The zero-order valence-corrected chi connectivity index (χ0v) is 13.4. The van der Waals surface area contributed by atoms with Crippen LogP contribution in [-0.2, 0) is 13.1 Å². The monoisotopic (exact) mass is 317 g/mol. The van der Waals surface area contributed by atoms with Crippen LogP contribution < -0.4 is 9.47 Å². The normalized spacial score (nSPS) is 14.9. The van der Waals surface area contributed by atoms with Crippen molar-refractivity contribution in [2.24, 2.45) is 0 Å². The lowest BCUT2D eigenvalue weighted by molar-refractivity contribution is 0.0996. The fourth-order valence-electron chi connectivity index (χ4n) is 2.84. The summed E-state index contributed by atoms with van der Waals surface area (Å²) in [6.07, 6.45) is 2.55. The van der Waals surface area contributed by atoms with Gasteiger partial charge in [-0.2, -0.15) is 0 Å². The van der Waals surface area contributed by atoms with Crippen molar-refractivity contribution >= 4 is 0 Å². The van der Waals surface area contributed by atoms with Crippen LogP contribution in [-0.4, -0.2) is 35.9 Å². The molecule has 1 aliphatic heterocycles. The van der Waals surface area contributed by atoms with Gasteiger partial charge in [0.05, 0.1) is 19.4 Å². The highest BCUT2D eigenvalue weighted by Gasteiger charge is 2.19. The second-order valence-electron chi connectivity index (χ2n) is 5.71. The highest BCUT2D eigenvalue weighted by Crippen LogP contribution is 2.31. The molecule has 0 saturated carbocycles. The van der Waals surface area contributed by atoms with Gasteiger partial charge in [0.2, 0.25) is 0 Å². The quantitative estimate of drug-likeness (QED) is 0.851. The first-order chi connectivity index (χ1) is 11.3. The second-order valence-corrected chi connectivity index (χ2v) is 5.71. The smallest absolute Gasteiger partial charge is 0.161 e. The molecule has 0 unspecified atom stereocenters. The van der Waals surface area contributed by atoms with Crippen molar-refractivity contribution in [1.82, 2.24) is 4.90 Å². The summed E-state index contributed by atoms with van der Waals surface area (Å²) in [5, 5.41) is 9.68. The minimum atomic E-state index is 0.0910. The summed E-state index contributed by atoms with van der Waals surface area (Å²) < 4.78 is 16.7. The number of nitrogens with zero attached hydrogens (tertiary/aromatic N) is 1. The fraction of sp³-hybridized carbons (Fsp3) is 0.444. The molecule has 0 aliphatic carbocycles. The van der Waals surface area contributed by atoms with E-state index in [0.29, 0.717) is 19.8 Å². The van der Waals surface area contributed by atoms with Gasteiger partial charge < -0.3 is 19.0 Å². The number of furan rings is 1. The Balaban J connectivity index is 1.77. The number of rotatable bonds is 7. The molecule has 1 aromatic carbocycles. The number of aliphatic hydroxyl groups excluding tert-OH is 1. The molecule has 5 nitrogen and oxygen atoms in total. The molecule has 5 heteroatoms. The van der Waals surface area contributed by atoms with Crippen LogP contribution >= 0.6 is 0 Å². The van der Waals surface area contributed by atoms with E-state index in [9.17, 15) is 5.11 Å². The van der Waals surface area contributed by atoms with Crippen molar-refractivity contribution < 1.29 is 19.0 Å². The van der Waals surface area contributed by atoms with Gasteiger partial charge in [-0.25, -0.2) is 0 Å². The van der Waals surface area contributed by atoms with E-state index in [1.54, 1.807) is 6.26 Å². The predicted molar refractivity (Wildman–Crippen MR) is 86.6 cm³/mol. The molecule has 0 amide bonds. The minimum absolute atomic E-state index is 0.0910. The molecular formula is C18H23NO4. The largest absolute Gasteiger partial charge is 0.486 e. The summed E-state index contributed by atoms with van der Waals surface area (Å²) in [5.41, 5.74) is 1.13. The first kappa shape index (κ1) is 15.9. The van der Waals surface area contributed by atoms with Crippen LogP contribution in [0.1, 0.15) is 24.7 Å². The van der Waals surface area contributed by atoms with Crippen molar-refractivity contribution in [2.45, 2.75) is 32.5 Å². The van der Waals surface area contributed by atoms with Gasteiger partial charge in [-0.1, -0.05) is 13.0 Å². The van der Waals surface area contributed by atoms with Crippen molar-refractivity contribution in [3.05, 3.63) is 47.9 Å². The van der Waals surface area contributed by atoms with E-state index in [-0.39, 0.29) is 12.6 Å². The van der Waals surface area contributed by atoms with Crippen LogP contribution in [0.4, 0.5) is 0 Å². The molecule has 1 aliphatic rings. The van der Waals surface area contributed by atoms with Gasteiger partial charge in [-0.05, 0) is 36.2 Å². The third-order valence-electron chi connectivity index (χ3n) is 4.13.